The van der Waals surface area contributed by atoms with Gasteiger partial charge in [0.25, 0.3) is 5.91 Å². The van der Waals surface area contributed by atoms with Crippen LogP contribution in [0.3, 0.4) is 0 Å². The maximum Gasteiger partial charge on any atom is 0.254 e. The van der Waals surface area contributed by atoms with Crippen molar-refractivity contribution in [3.63, 3.8) is 0 Å². The van der Waals surface area contributed by atoms with Crippen LogP contribution in [0.25, 0.3) is 5.82 Å². The second kappa shape index (κ2) is 6.48. The van der Waals surface area contributed by atoms with E-state index in [1.165, 1.54) is 6.33 Å². The third-order valence-corrected chi connectivity index (χ3v) is 5.31. The van der Waals surface area contributed by atoms with E-state index in [0.717, 1.165) is 18.8 Å². The fraction of sp³-hybridized carbons (Fsp3) is 0.467. The van der Waals surface area contributed by atoms with Crippen molar-refractivity contribution in [3.05, 3.63) is 36.5 Å². The van der Waals surface area contributed by atoms with Crippen molar-refractivity contribution in [1.82, 2.24) is 24.6 Å². The van der Waals surface area contributed by atoms with Crippen LogP contribution in [-0.4, -0.2) is 54.6 Å². The van der Waals surface area contributed by atoms with Gasteiger partial charge in [-0.2, -0.15) is 16.9 Å². The first-order chi connectivity index (χ1) is 10.6. The fourth-order valence-corrected chi connectivity index (χ4v) is 3.75. The molecule has 1 fully saturated rings. The van der Waals surface area contributed by atoms with Crippen LogP contribution in [0.1, 0.15) is 24.2 Å². The summed E-state index contributed by atoms with van der Waals surface area (Å²) < 4.78 is 1.56. The smallest absolute Gasteiger partial charge is 0.254 e. The van der Waals surface area contributed by atoms with Crippen molar-refractivity contribution in [3.8, 4) is 5.82 Å². The summed E-state index contributed by atoms with van der Waals surface area (Å²) in [6, 6.07) is 3.53. The molecule has 0 spiro atoms. The quantitative estimate of drug-likeness (QED) is 0.865. The number of carbonyl (C=O) groups is 1. The zero-order chi connectivity index (χ0) is 15.5. The first kappa shape index (κ1) is 15.0. The summed E-state index contributed by atoms with van der Waals surface area (Å²) in [6.45, 7) is 6.03. The SMILES string of the molecule is CC(C)[C@H]1CN(C(=O)c2ccnc(-n3cncn3)c2)CCS1. The number of pyridine rings is 1. The summed E-state index contributed by atoms with van der Waals surface area (Å²) in [4.78, 5) is 22.8. The first-order valence-electron chi connectivity index (χ1n) is 7.37. The molecule has 1 saturated heterocycles. The van der Waals surface area contributed by atoms with Gasteiger partial charge in [-0.25, -0.2) is 14.6 Å². The summed E-state index contributed by atoms with van der Waals surface area (Å²) in [5, 5.41) is 4.56. The van der Waals surface area contributed by atoms with Gasteiger partial charge in [-0.15, -0.1) is 0 Å². The lowest BCUT2D eigenvalue weighted by Gasteiger charge is -2.34. The highest BCUT2D eigenvalue weighted by molar-refractivity contribution is 8.00. The zero-order valence-corrected chi connectivity index (χ0v) is 13.5. The molecule has 116 valence electrons. The Balaban J connectivity index is 1.79. The molecule has 1 amide bonds. The molecule has 0 aromatic carbocycles. The van der Waals surface area contributed by atoms with Crippen molar-refractivity contribution < 1.29 is 4.79 Å². The van der Waals surface area contributed by atoms with Crippen molar-refractivity contribution >= 4 is 17.7 Å². The van der Waals surface area contributed by atoms with E-state index in [1.54, 1.807) is 29.3 Å². The third kappa shape index (κ3) is 3.14. The van der Waals surface area contributed by atoms with Gasteiger partial charge in [0.05, 0.1) is 0 Å². The van der Waals surface area contributed by atoms with Gasteiger partial charge < -0.3 is 4.90 Å². The summed E-state index contributed by atoms with van der Waals surface area (Å²) >= 11 is 1.96. The minimum atomic E-state index is 0.0646. The van der Waals surface area contributed by atoms with E-state index < -0.39 is 0 Å². The maximum atomic E-state index is 12.7. The largest absolute Gasteiger partial charge is 0.337 e. The molecule has 0 bridgehead atoms. The molecule has 0 N–H and O–H groups in total. The Morgan fingerprint density at radius 1 is 1.45 bits per heavy atom. The molecule has 2 aromatic rings. The summed E-state index contributed by atoms with van der Waals surface area (Å²) in [6.07, 6.45) is 4.66. The highest BCUT2D eigenvalue weighted by atomic mass is 32.2. The lowest BCUT2D eigenvalue weighted by Crippen LogP contribution is -2.43. The van der Waals surface area contributed by atoms with Gasteiger partial charge in [0, 0.05) is 35.9 Å². The van der Waals surface area contributed by atoms with Gasteiger partial charge in [0.2, 0.25) is 0 Å². The number of carbonyl (C=O) groups excluding carboxylic acids is 1. The van der Waals surface area contributed by atoms with E-state index in [9.17, 15) is 4.79 Å². The Bertz CT molecular complexity index is 643. The Morgan fingerprint density at radius 2 is 2.32 bits per heavy atom. The van der Waals surface area contributed by atoms with Crippen molar-refractivity contribution in [2.24, 2.45) is 5.92 Å². The third-order valence-electron chi connectivity index (χ3n) is 3.77. The van der Waals surface area contributed by atoms with Crippen LogP contribution in [0.4, 0.5) is 0 Å². The van der Waals surface area contributed by atoms with Gasteiger partial charge in [0.15, 0.2) is 5.82 Å². The maximum absolute atomic E-state index is 12.7. The van der Waals surface area contributed by atoms with Crippen LogP contribution in [0.5, 0.6) is 0 Å². The highest BCUT2D eigenvalue weighted by Crippen LogP contribution is 2.25. The second-order valence-corrected chi connectivity index (χ2v) is 6.99. The van der Waals surface area contributed by atoms with E-state index in [1.807, 2.05) is 16.7 Å². The molecule has 1 aliphatic rings. The number of hydrogen-bond donors (Lipinski definition) is 0. The number of rotatable bonds is 3. The summed E-state index contributed by atoms with van der Waals surface area (Å²) in [5.41, 5.74) is 0.648. The molecule has 0 radical (unpaired) electrons. The Morgan fingerprint density at radius 3 is 3.05 bits per heavy atom. The van der Waals surface area contributed by atoms with Crippen molar-refractivity contribution in [2.45, 2.75) is 19.1 Å². The average molecular weight is 317 g/mol. The lowest BCUT2D eigenvalue weighted by atomic mass is 10.1. The highest BCUT2D eigenvalue weighted by Gasteiger charge is 2.26. The number of hydrogen-bond acceptors (Lipinski definition) is 5. The van der Waals surface area contributed by atoms with Crippen LogP contribution in [0.2, 0.25) is 0 Å². The fourth-order valence-electron chi connectivity index (χ4n) is 2.45. The Kier molecular flexibility index (Phi) is 4.42. The van der Waals surface area contributed by atoms with Crippen molar-refractivity contribution in [2.75, 3.05) is 18.8 Å². The van der Waals surface area contributed by atoms with Crippen LogP contribution < -0.4 is 0 Å². The standard InChI is InChI=1S/C15H19N5OS/c1-11(2)13-8-19(5-6-22-13)15(21)12-3-4-17-14(7-12)20-10-16-9-18-20/h3-4,7,9-11,13H,5-6,8H2,1-2H3/t13-/m1/s1. The minimum absolute atomic E-state index is 0.0646. The molecule has 2 aromatic heterocycles. The molecule has 1 aliphatic heterocycles. The van der Waals surface area contributed by atoms with Crippen LogP contribution >= 0.6 is 11.8 Å². The second-order valence-electron chi connectivity index (χ2n) is 5.65. The lowest BCUT2D eigenvalue weighted by molar-refractivity contribution is 0.0756. The molecule has 22 heavy (non-hydrogen) atoms. The Hall–Kier alpha value is -1.89. The first-order valence-corrected chi connectivity index (χ1v) is 8.42. The van der Waals surface area contributed by atoms with Gasteiger partial charge in [-0.1, -0.05) is 13.8 Å². The molecule has 3 rings (SSSR count). The number of thioether (sulfide) groups is 1. The van der Waals surface area contributed by atoms with Gasteiger partial charge in [-0.05, 0) is 18.1 Å². The van der Waals surface area contributed by atoms with E-state index >= 15 is 0 Å². The molecular weight excluding hydrogens is 298 g/mol. The minimum Gasteiger partial charge on any atom is -0.337 e. The van der Waals surface area contributed by atoms with E-state index in [2.05, 4.69) is 28.9 Å². The van der Waals surface area contributed by atoms with E-state index in [0.29, 0.717) is 22.5 Å². The average Bonchev–Trinajstić information content (AvgIpc) is 3.09. The van der Waals surface area contributed by atoms with E-state index in [-0.39, 0.29) is 5.91 Å². The Labute approximate surface area is 133 Å². The summed E-state index contributed by atoms with van der Waals surface area (Å²) in [7, 11) is 0. The van der Waals surface area contributed by atoms with Crippen LogP contribution in [0.15, 0.2) is 31.0 Å². The molecular formula is C15H19N5OS. The van der Waals surface area contributed by atoms with Gasteiger partial charge in [-0.3, -0.25) is 4.79 Å². The molecule has 7 heteroatoms. The van der Waals surface area contributed by atoms with Gasteiger partial charge >= 0.3 is 0 Å². The molecule has 0 aliphatic carbocycles. The monoisotopic (exact) mass is 317 g/mol. The zero-order valence-electron chi connectivity index (χ0n) is 12.7. The number of nitrogens with zero attached hydrogens (tertiary/aromatic N) is 5. The van der Waals surface area contributed by atoms with Crippen LogP contribution in [0, 0.1) is 5.92 Å². The van der Waals surface area contributed by atoms with Gasteiger partial charge in [0.1, 0.15) is 12.7 Å². The molecule has 0 saturated carbocycles. The van der Waals surface area contributed by atoms with Crippen molar-refractivity contribution in [1.29, 1.82) is 0 Å². The predicted octanol–water partition coefficient (Wildman–Crippen LogP) is 1.88. The normalized spacial score (nSPS) is 18.7. The number of amides is 1. The molecule has 3 heterocycles. The van der Waals surface area contributed by atoms with Crippen LogP contribution in [-0.2, 0) is 0 Å². The topological polar surface area (TPSA) is 63.9 Å². The molecule has 1 atom stereocenters. The molecule has 0 unspecified atom stereocenters. The van der Waals surface area contributed by atoms with E-state index in [4.69, 9.17) is 0 Å². The predicted molar refractivity (Wildman–Crippen MR) is 86.1 cm³/mol. The number of aromatic nitrogens is 4. The summed E-state index contributed by atoms with van der Waals surface area (Å²) in [5.74, 6) is 2.24. The molecule has 6 nitrogen and oxygen atoms in total.